The van der Waals surface area contributed by atoms with Crippen LogP contribution in [0.2, 0.25) is 0 Å². The molecule has 1 aromatic rings. The predicted octanol–water partition coefficient (Wildman–Crippen LogP) is 1.92. The number of hydrogen-bond acceptors (Lipinski definition) is 4. The number of methoxy groups -OCH3 is 1. The van der Waals surface area contributed by atoms with E-state index in [4.69, 9.17) is 4.74 Å². The highest BCUT2D eigenvalue weighted by Crippen LogP contribution is 2.24. The van der Waals surface area contributed by atoms with E-state index < -0.39 is 10.0 Å². The Labute approximate surface area is 144 Å². The third-order valence-electron chi connectivity index (χ3n) is 4.45. The summed E-state index contributed by atoms with van der Waals surface area (Å²) in [6.45, 7) is 2.17. The topological polar surface area (TPSA) is 84.5 Å². The minimum atomic E-state index is -3.39. The first-order valence-corrected chi connectivity index (χ1v) is 9.99. The van der Waals surface area contributed by atoms with Gasteiger partial charge < -0.3 is 10.1 Å². The molecule has 1 aliphatic rings. The Morgan fingerprint density at radius 3 is 2.50 bits per heavy atom. The Morgan fingerprint density at radius 2 is 1.88 bits per heavy atom. The lowest BCUT2D eigenvalue weighted by atomic mass is 9.87. The van der Waals surface area contributed by atoms with Crippen molar-refractivity contribution in [3.05, 3.63) is 29.8 Å². The van der Waals surface area contributed by atoms with Crippen LogP contribution in [-0.4, -0.2) is 39.8 Å². The molecule has 7 heteroatoms. The molecule has 1 aromatic carbocycles. The van der Waals surface area contributed by atoms with Crippen molar-refractivity contribution in [2.24, 2.45) is 5.92 Å². The first-order valence-electron chi connectivity index (χ1n) is 8.33. The van der Waals surface area contributed by atoms with Crippen molar-refractivity contribution < 1.29 is 17.9 Å². The van der Waals surface area contributed by atoms with Gasteiger partial charge in [-0.05, 0) is 43.0 Å². The van der Waals surface area contributed by atoms with Crippen LogP contribution in [0.15, 0.2) is 24.3 Å². The quantitative estimate of drug-likeness (QED) is 0.783. The van der Waals surface area contributed by atoms with E-state index in [0.29, 0.717) is 17.2 Å². The normalized spacial score (nSPS) is 21.2. The highest BCUT2D eigenvalue weighted by Gasteiger charge is 2.25. The lowest BCUT2D eigenvalue weighted by molar-refractivity contribution is 0.0956. The molecule has 2 N–H and O–H groups in total. The standard InChI is InChI=1S/C17H26N2O4S/c1-13-5-3-4-6-16(13)19-24(21,22)12-11-18-17(20)14-7-9-15(23-2)10-8-14/h7-10,13,16,19H,3-6,11-12H2,1-2H3,(H,18,20)/t13-,16-/m0/s1. The molecule has 0 heterocycles. The Kier molecular flexibility index (Phi) is 6.62. The van der Waals surface area contributed by atoms with E-state index in [0.717, 1.165) is 25.7 Å². The fraction of sp³-hybridized carbons (Fsp3) is 0.588. The lowest BCUT2D eigenvalue weighted by Crippen LogP contribution is -2.43. The molecule has 24 heavy (non-hydrogen) atoms. The average Bonchev–Trinajstić information content (AvgIpc) is 2.56. The first-order chi connectivity index (χ1) is 11.4. The zero-order chi connectivity index (χ0) is 17.6. The number of sulfonamides is 1. The predicted molar refractivity (Wildman–Crippen MR) is 93.7 cm³/mol. The molecule has 1 amide bonds. The van der Waals surface area contributed by atoms with Crippen molar-refractivity contribution in [1.82, 2.24) is 10.0 Å². The van der Waals surface area contributed by atoms with Crippen LogP contribution in [0.4, 0.5) is 0 Å². The maximum Gasteiger partial charge on any atom is 0.251 e. The van der Waals surface area contributed by atoms with Gasteiger partial charge >= 0.3 is 0 Å². The Hall–Kier alpha value is -1.60. The fourth-order valence-electron chi connectivity index (χ4n) is 2.92. The summed E-state index contributed by atoms with van der Waals surface area (Å²) in [6, 6.07) is 6.69. The maximum absolute atomic E-state index is 12.2. The molecule has 1 saturated carbocycles. The second-order valence-corrected chi connectivity index (χ2v) is 8.16. The van der Waals surface area contributed by atoms with E-state index in [9.17, 15) is 13.2 Å². The van der Waals surface area contributed by atoms with Crippen LogP contribution in [0.5, 0.6) is 5.75 Å². The van der Waals surface area contributed by atoms with Crippen LogP contribution in [-0.2, 0) is 10.0 Å². The summed E-state index contributed by atoms with van der Waals surface area (Å²) in [5.41, 5.74) is 0.474. The molecule has 2 atom stereocenters. The summed E-state index contributed by atoms with van der Waals surface area (Å²) in [4.78, 5) is 12.0. The number of nitrogens with one attached hydrogen (secondary N) is 2. The van der Waals surface area contributed by atoms with Crippen LogP contribution < -0.4 is 14.8 Å². The van der Waals surface area contributed by atoms with Crippen LogP contribution in [0, 0.1) is 5.92 Å². The van der Waals surface area contributed by atoms with E-state index in [1.54, 1.807) is 31.4 Å². The average molecular weight is 354 g/mol. The number of carbonyl (C=O) groups is 1. The van der Waals surface area contributed by atoms with Crippen molar-refractivity contribution in [2.45, 2.75) is 38.6 Å². The second kappa shape index (κ2) is 8.48. The molecule has 0 bridgehead atoms. The number of carbonyl (C=O) groups excluding carboxylic acids is 1. The van der Waals surface area contributed by atoms with Gasteiger partial charge in [-0.3, -0.25) is 4.79 Å². The number of ether oxygens (including phenoxy) is 1. The maximum atomic E-state index is 12.2. The minimum Gasteiger partial charge on any atom is -0.497 e. The molecule has 1 aliphatic carbocycles. The SMILES string of the molecule is COc1ccc(C(=O)NCCS(=O)(=O)N[C@H]2CCCC[C@@H]2C)cc1. The van der Waals surface area contributed by atoms with Gasteiger partial charge in [0.05, 0.1) is 12.9 Å². The summed E-state index contributed by atoms with van der Waals surface area (Å²) in [6.07, 6.45) is 4.17. The van der Waals surface area contributed by atoms with Crippen LogP contribution >= 0.6 is 0 Å². The van der Waals surface area contributed by atoms with Crippen molar-refractivity contribution >= 4 is 15.9 Å². The molecule has 2 rings (SSSR count). The van der Waals surface area contributed by atoms with Crippen molar-refractivity contribution in [3.8, 4) is 5.75 Å². The molecule has 1 fully saturated rings. The van der Waals surface area contributed by atoms with E-state index in [1.807, 2.05) is 0 Å². The van der Waals surface area contributed by atoms with Gasteiger partial charge in [-0.25, -0.2) is 13.1 Å². The lowest BCUT2D eigenvalue weighted by Gasteiger charge is -2.29. The summed E-state index contributed by atoms with van der Waals surface area (Å²) >= 11 is 0. The van der Waals surface area contributed by atoms with Crippen molar-refractivity contribution in [2.75, 3.05) is 19.4 Å². The molecule has 0 radical (unpaired) electrons. The van der Waals surface area contributed by atoms with E-state index in [-0.39, 0.29) is 24.2 Å². The van der Waals surface area contributed by atoms with Gasteiger partial charge in [0.2, 0.25) is 10.0 Å². The van der Waals surface area contributed by atoms with Crippen LogP contribution in [0.3, 0.4) is 0 Å². The van der Waals surface area contributed by atoms with Gasteiger partial charge in [-0.15, -0.1) is 0 Å². The first kappa shape index (κ1) is 18.7. The smallest absolute Gasteiger partial charge is 0.251 e. The molecule has 0 aromatic heterocycles. The Morgan fingerprint density at radius 1 is 1.21 bits per heavy atom. The molecule has 0 saturated heterocycles. The van der Waals surface area contributed by atoms with Gasteiger partial charge in [0.25, 0.3) is 5.91 Å². The Bertz CT molecular complexity index is 643. The number of benzene rings is 1. The summed E-state index contributed by atoms with van der Waals surface area (Å²) in [5.74, 6) is 0.624. The van der Waals surface area contributed by atoms with Gasteiger partial charge in [0.15, 0.2) is 0 Å². The molecule has 6 nitrogen and oxygen atoms in total. The van der Waals surface area contributed by atoms with Crippen LogP contribution in [0.1, 0.15) is 43.0 Å². The van der Waals surface area contributed by atoms with Gasteiger partial charge in [0.1, 0.15) is 5.75 Å². The monoisotopic (exact) mass is 354 g/mol. The molecular formula is C17H26N2O4S. The number of amides is 1. The van der Waals surface area contributed by atoms with Gasteiger partial charge in [-0.1, -0.05) is 19.8 Å². The highest BCUT2D eigenvalue weighted by atomic mass is 32.2. The molecule has 0 aliphatic heterocycles. The third-order valence-corrected chi connectivity index (χ3v) is 5.85. The van der Waals surface area contributed by atoms with Crippen molar-refractivity contribution in [1.29, 1.82) is 0 Å². The van der Waals surface area contributed by atoms with Crippen molar-refractivity contribution in [3.63, 3.8) is 0 Å². The molecule has 0 unspecified atom stereocenters. The van der Waals surface area contributed by atoms with Crippen LogP contribution in [0.25, 0.3) is 0 Å². The molecule has 0 spiro atoms. The summed E-state index contributed by atoms with van der Waals surface area (Å²) in [7, 11) is -1.83. The summed E-state index contributed by atoms with van der Waals surface area (Å²) < 4.78 is 32.1. The number of rotatable bonds is 7. The largest absolute Gasteiger partial charge is 0.497 e. The van der Waals surface area contributed by atoms with E-state index >= 15 is 0 Å². The highest BCUT2D eigenvalue weighted by molar-refractivity contribution is 7.89. The Balaban J connectivity index is 1.80. The fourth-order valence-corrected chi connectivity index (χ4v) is 4.22. The van der Waals surface area contributed by atoms with Gasteiger partial charge in [-0.2, -0.15) is 0 Å². The zero-order valence-corrected chi connectivity index (χ0v) is 15.1. The minimum absolute atomic E-state index is 0.0149. The van der Waals surface area contributed by atoms with E-state index in [1.165, 1.54) is 0 Å². The summed E-state index contributed by atoms with van der Waals surface area (Å²) in [5, 5.41) is 2.64. The number of hydrogen-bond donors (Lipinski definition) is 2. The third kappa shape index (κ3) is 5.49. The molecule has 134 valence electrons. The molecular weight excluding hydrogens is 328 g/mol. The van der Waals surface area contributed by atoms with E-state index in [2.05, 4.69) is 17.0 Å². The zero-order valence-electron chi connectivity index (χ0n) is 14.2. The second-order valence-electron chi connectivity index (χ2n) is 6.29. The van der Waals surface area contributed by atoms with Gasteiger partial charge in [0, 0.05) is 18.2 Å².